The first-order chi connectivity index (χ1) is 9.02. The van der Waals surface area contributed by atoms with Crippen molar-refractivity contribution in [3.05, 3.63) is 34.9 Å². The lowest BCUT2D eigenvalue weighted by Gasteiger charge is -2.17. The van der Waals surface area contributed by atoms with Crippen LogP contribution in [0.1, 0.15) is 32.3 Å². The lowest BCUT2D eigenvalue weighted by Crippen LogP contribution is -2.41. The van der Waals surface area contributed by atoms with Crippen LogP contribution in [0.3, 0.4) is 0 Å². The normalized spacial score (nSPS) is 16.2. The molecular formula is C15H21ClN2O. The van der Waals surface area contributed by atoms with Gasteiger partial charge in [-0.05, 0) is 36.5 Å². The Morgan fingerprint density at radius 2 is 1.89 bits per heavy atom. The molecule has 2 N–H and O–H groups in total. The summed E-state index contributed by atoms with van der Waals surface area (Å²) in [6.45, 7) is 5.56. The number of hydrogen-bond donors (Lipinski definition) is 2. The first-order valence-electron chi connectivity index (χ1n) is 6.80. The lowest BCUT2D eigenvalue weighted by atomic mass is 9.96. The Bertz CT molecular complexity index is 438. The van der Waals surface area contributed by atoms with E-state index >= 15 is 0 Å². The van der Waals surface area contributed by atoms with Crippen molar-refractivity contribution >= 4 is 17.6 Å². The van der Waals surface area contributed by atoms with E-state index < -0.39 is 0 Å². The number of halogens is 1. The highest BCUT2D eigenvalue weighted by molar-refractivity contribution is 6.30. The van der Waals surface area contributed by atoms with Gasteiger partial charge in [-0.2, -0.15) is 0 Å². The number of rotatable bonds is 5. The van der Waals surface area contributed by atoms with Crippen molar-refractivity contribution in [3.63, 3.8) is 0 Å². The van der Waals surface area contributed by atoms with Crippen molar-refractivity contribution in [1.82, 2.24) is 10.6 Å². The zero-order valence-corrected chi connectivity index (χ0v) is 12.3. The SMILES string of the molecule is CC(C)CNC(=O)NCC1(c2ccc(Cl)cc2)CC1. The van der Waals surface area contributed by atoms with Gasteiger partial charge in [0.1, 0.15) is 0 Å². The first kappa shape index (κ1) is 14.2. The molecule has 1 aliphatic carbocycles. The van der Waals surface area contributed by atoms with Crippen molar-refractivity contribution in [2.75, 3.05) is 13.1 Å². The van der Waals surface area contributed by atoms with Gasteiger partial charge in [-0.3, -0.25) is 0 Å². The number of amides is 2. The Morgan fingerprint density at radius 1 is 1.26 bits per heavy atom. The Labute approximate surface area is 119 Å². The van der Waals surface area contributed by atoms with Gasteiger partial charge in [0.25, 0.3) is 0 Å². The van der Waals surface area contributed by atoms with E-state index in [1.807, 2.05) is 12.1 Å². The molecule has 0 atom stereocenters. The highest BCUT2D eigenvalue weighted by atomic mass is 35.5. The summed E-state index contributed by atoms with van der Waals surface area (Å²) in [6, 6.07) is 7.87. The van der Waals surface area contributed by atoms with Crippen LogP contribution < -0.4 is 10.6 Å². The smallest absolute Gasteiger partial charge is 0.314 e. The van der Waals surface area contributed by atoms with E-state index in [4.69, 9.17) is 11.6 Å². The minimum atomic E-state index is -0.0751. The maximum Gasteiger partial charge on any atom is 0.314 e. The molecule has 1 fully saturated rings. The van der Waals surface area contributed by atoms with Crippen molar-refractivity contribution in [1.29, 1.82) is 0 Å². The van der Waals surface area contributed by atoms with Gasteiger partial charge in [-0.25, -0.2) is 4.79 Å². The summed E-state index contributed by atoms with van der Waals surface area (Å²) in [4.78, 5) is 11.7. The van der Waals surface area contributed by atoms with Gasteiger partial charge in [0.2, 0.25) is 0 Å². The zero-order chi connectivity index (χ0) is 13.9. The average Bonchev–Trinajstić information content (AvgIpc) is 3.16. The molecular weight excluding hydrogens is 260 g/mol. The summed E-state index contributed by atoms with van der Waals surface area (Å²) in [5.74, 6) is 0.469. The number of nitrogens with one attached hydrogen (secondary N) is 2. The predicted molar refractivity (Wildman–Crippen MR) is 78.6 cm³/mol. The summed E-state index contributed by atoms with van der Waals surface area (Å²) >= 11 is 5.90. The molecule has 104 valence electrons. The molecule has 2 rings (SSSR count). The van der Waals surface area contributed by atoms with Gasteiger partial charge in [-0.1, -0.05) is 37.6 Å². The number of urea groups is 1. The van der Waals surface area contributed by atoms with Crippen LogP contribution >= 0.6 is 11.6 Å². The molecule has 0 spiro atoms. The molecule has 0 unspecified atom stereocenters. The summed E-state index contributed by atoms with van der Waals surface area (Å²) in [6.07, 6.45) is 2.25. The maximum atomic E-state index is 11.7. The Hall–Kier alpha value is -1.22. The third-order valence-corrected chi connectivity index (χ3v) is 3.82. The van der Waals surface area contributed by atoms with Crippen LogP contribution in [0.4, 0.5) is 4.79 Å². The van der Waals surface area contributed by atoms with Crippen LogP contribution in [0.15, 0.2) is 24.3 Å². The molecule has 1 aromatic carbocycles. The fraction of sp³-hybridized carbons (Fsp3) is 0.533. The van der Waals surface area contributed by atoms with E-state index in [0.29, 0.717) is 19.0 Å². The third-order valence-electron chi connectivity index (χ3n) is 3.57. The number of carbonyl (C=O) groups excluding carboxylic acids is 1. The van der Waals surface area contributed by atoms with Gasteiger partial charge >= 0.3 is 6.03 Å². The lowest BCUT2D eigenvalue weighted by molar-refractivity contribution is 0.238. The quantitative estimate of drug-likeness (QED) is 0.853. The molecule has 1 aliphatic rings. The van der Waals surface area contributed by atoms with Crippen molar-refractivity contribution in [2.24, 2.45) is 5.92 Å². The van der Waals surface area contributed by atoms with Crippen molar-refractivity contribution in [3.8, 4) is 0 Å². The van der Waals surface area contributed by atoms with Crippen molar-refractivity contribution in [2.45, 2.75) is 32.1 Å². The second-order valence-electron chi connectivity index (χ2n) is 5.74. The number of hydrogen-bond acceptors (Lipinski definition) is 1. The van der Waals surface area contributed by atoms with E-state index in [2.05, 4.69) is 36.6 Å². The first-order valence-corrected chi connectivity index (χ1v) is 7.17. The second-order valence-corrected chi connectivity index (χ2v) is 6.18. The van der Waals surface area contributed by atoms with Crippen molar-refractivity contribution < 1.29 is 4.79 Å². The van der Waals surface area contributed by atoms with Gasteiger partial charge in [0, 0.05) is 23.5 Å². The van der Waals surface area contributed by atoms with Gasteiger partial charge < -0.3 is 10.6 Å². The molecule has 0 aromatic heterocycles. The monoisotopic (exact) mass is 280 g/mol. The highest BCUT2D eigenvalue weighted by Crippen LogP contribution is 2.47. The third kappa shape index (κ3) is 3.87. The molecule has 0 saturated heterocycles. The fourth-order valence-electron chi connectivity index (χ4n) is 2.13. The molecule has 2 amide bonds. The van der Waals surface area contributed by atoms with Gasteiger partial charge in [-0.15, -0.1) is 0 Å². The summed E-state index contributed by atoms with van der Waals surface area (Å²) in [5, 5.41) is 6.59. The molecule has 0 heterocycles. The minimum Gasteiger partial charge on any atom is -0.338 e. The topological polar surface area (TPSA) is 41.1 Å². The Balaban J connectivity index is 1.85. The van der Waals surface area contributed by atoms with Crippen LogP contribution in [0.25, 0.3) is 0 Å². The van der Waals surface area contributed by atoms with E-state index in [1.165, 1.54) is 5.56 Å². The Morgan fingerprint density at radius 3 is 2.42 bits per heavy atom. The van der Waals surface area contributed by atoms with Crippen LogP contribution in [-0.4, -0.2) is 19.1 Å². The van der Waals surface area contributed by atoms with Crippen LogP contribution in [0.2, 0.25) is 5.02 Å². The van der Waals surface area contributed by atoms with Crippen LogP contribution in [-0.2, 0) is 5.41 Å². The molecule has 1 saturated carbocycles. The van der Waals surface area contributed by atoms with Gasteiger partial charge in [0.15, 0.2) is 0 Å². The standard InChI is InChI=1S/C15H21ClN2O/c1-11(2)9-17-14(19)18-10-15(7-8-15)12-3-5-13(16)6-4-12/h3-6,11H,7-10H2,1-2H3,(H2,17,18,19). The molecule has 19 heavy (non-hydrogen) atoms. The zero-order valence-electron chi connectivity index (χ0n) is 11.5. The van der Waals surface area contributed by atoms with Crippen LogP contribution in [0.5, 0.6) is 0 Å². The molecule has 0 bridgehead atoms. The molecule has 0 radical (unpaired) electrons. The summed E-state index contributed by atoms with van der Waals surface area (Å²) in [5.41, 5.74) is 1.39. The van der Waals surface area contributed by atoms with E-state index in [1.54, 1.807) is 0 Å². The number of benzene rings is 1. The molecule has 3 nitrogen and oxygen atoms in total. The molecule has 1 aromatic rings. The van der Waals surface area contributed by atoms with Gasteiger partial charge in [0.05, 0.1) is 0 Å². The van der Waals surface area contributed by atoms with E-state index in [-0.39, 0.29) is 11.4 Å². The summed E-state index contributed by atoms with van der Waals surface area (Å²) in [7, 11) is 0. The van der Waals surface area contributed by atoms with Crippen LogP contribution in [0, 0.1) is 5.92 Å². The predicted octanol–water partition coefficient (Wildman–Crippen LogP) is 3.33. The minimum absolute atomic E-state index is 0.0751. The molecule has 4 heteroatoms. The van der Waals surface area contributed by atoms with E-state index in [0.717, 1.165) is 17.9 Å². The fourth-order valence-corrected chi connectivity index (χ4v) is 2.26. The Kier molecular flexibility index (Phi) is 4.35. The second kappa shape index (κ2) is 5.83. The largest absolute Gasteiger partial charge is 0.338 e. The maximum absolute atomic E-state index is 11.7. The number of carbonyl (C=O) groups is 1. The summed E-state index contributed by atoms with van der Waals surface area (Å²) < 4.78 is 0. The molecule has 0 aliphatic heterocycles. The van der Waals surface area contributed by atoms with E-state index in [9.17, 15) is 4.79 Å². The highest BCUT2D eigenvalue weighted by Gasteiger charge is 2.44. The average molecular weight is 281 g/mol.